The molecular formula is C16H24O. The predicted octanol–water partition coefficient (Wildman–Crippen LogP) is 4.28. The Morgan fingerprint density at radius 2 is 1.94 bits per heavy atom. The molecule has 0 aliphatic rings. The molecule has 1 rings (SSSR count). The number of hydrogen-bond donors (Lipinski definition) is 1. The van der Waals surface area contributed by atoms with Crippen molar-refractivity contribution in [2.75, 3.05) is 0 Å². The summed E-state index contributed by atoms with van der Waals surface area (Å²) in [6, 6.07) is 10.0. The number of rotatable bonds is 6. The van der Waals surface area contributed by atoms with E-state index in [2.05, 4.69) is 19.1 Å². The van der Waals surface area contributed by atoms with E-state index in [9.17, 15) is 5.11 Å². The lowest BCUT2D eigenvalue weighted by Crippen LogP contribution is -2.25. The van der Waals surface area contributed by atoms with Gasteiger partial charge in [0.15, 0.2) is 0 Å². The minimum absolute atomic E-state index is 0.529. The highest BCUT2D eigenvalue weighted by Crippen LogP contribution is 2.31. The summed E-state index contributed by atoms with van der Waals surface area (Å²) in [7, 11) is 0. The first kappa shape index (κ1) is 14.0. The van der Waals surface area contributed by atoms with E-state index in [4.69, 9.17) is 0 Å². The Balaban J connectivity index is 2.70. The third-order valence-electron chi connectivity index (χ3n) is 3.43. The monoisotopic (exact) mass is 232 g/mol. The van der Waals surface area contributed by atoms with Crippen molar-refractivity contribution in [3.63, 3.8) is 0 Å². The molecule has 0 radical (unpaired) electrons. The number of aliphatic hydroxyl groups is 1. The van der Waals surface area contributed by atoms with Crippen LogP contribution in [0.4, 0.5) is 0 Å². The molecule has 0 aliphatic heterocycles. The van der Waals surface area contributed by atoms with Gasteiger partial charge in [-0.3, -0.25) is 0 Å². The van der Waals surface area contributed by atoms with Gasteiger partial charge in [-0.15, -0.1) is 0 Å². The van der Waals surface area contributed by atoms with Crippen LogP contribution in [0.5, 0.6) is 0 Å². The van der Waals surface area contributed by atoms with Crippen LogP contribution in [0.2, 0.25) is 0 Å². The molecule has 94 valence electrons. The highest BCUT2D eigenvalue weighted by molar-refractivity contribution is 5.22. The largest absolute Gasteiger partial charge is 0.385 e. The summed E-state index contributed by atoms with van der Waals surface area (Å²) in [5.74, 6) is 0.529. The molecule has 2 atom stereocenters. The normalized spacial score (nSPS) is 16.9. The lowest BCUT2D eigenvalue weighted by Gasteiger charge is -2.28. The van der Waals surface area contributed by atoms with Crippen LogP contribution in [0.25, 0.3) is 0 Å². The van der Waals surface area contributed by atoms with Crippen molar-refractivity contribution in [3.05, 3.63) is 48.0 Å². The first-order chi connectivity index (χ1) is 8.12. The summed E-state index contributed by atoms with van der Waals surface area (Å²) >= 11 is 0. The molecule has 1 nitrogen and oxygen atoms in total. The van der Waals surface area contributed by atoms with Gasteiger partial charge in [0.25, 0.3) is 0 Å². The van der Waals surface area contributed by atoms with Gasteiger partial charge >= 0.3 is 0 Å². The second kappa shape index (κ2) is 6.61. The molecule has 0 aromatic heterocycles. The fourth-order valence-corrected chi connectivity index (χ4v) is 2.16. The molecule has 1 aromatic carbocycles. The topological polar surface area (TPSA) is 20.2 Å². The van der Waals surface area contributed by atoms with Gasteiger partial charge in [0, 0.05) is 0 Å². The Kier molecular flexibility index (Phi) is 5.43. The minimum Gasteiger partial charge on any atom is -0.385 e. The van der Waals surface area contributed by atoms with E-state index in [0.29, 0.717) is 5.92 Å². The van der Waals surface area contributed by atoms with Gasteiger partial charge in [-0.1, -0.05) is 56.3 Å². The zero-order chi connectivity index (χ0) is 12.7. The Hall–Kier alpha value is -1.08. The fraction of sp³-hybridized carbons (Fsp3) is 0.500. The summed E-state index contributed by atoms with van der Waals surface area (Å²) in [5, 5.41) is 10.7. The summed E-state index contributed by atoms with van der Waals surface area (Å²) in [5.41, 5.74) is 0.368. The van der Waals surface area contributed by atoms with Crippen LogP contribution in [0.1, 0.15) is 45.6 Å². The Morgan fingerprint density at radius 1 is 1.29 bits per heavy atom. The third kappa shape index (κ3) is 4.01. The van der Waals surface area contributed by atoms with Crippen LogP contribution in [-0.4, -0.2) is 5.11 Å². The molecule has 0 amide bonds. The molecule has 0 bridgehead atoms. The number of hydrogen-bond acceptors (Lipinski definition) is 1. The molecule has 2 unspecified atom stereocenters. The third-order valence-corrected chi connectivity index (χ3v) is 3.43. The molecule has 0 saturated carbocycles. The van der Waals surface area contributed by atoms with Crippen molar-refractivity contribution in [2.45, 2.75) is 45.6 Å². The molecule has 17 heavy (non-hydrogen) atoms. The van der Waals surface area contributed by atoms with E-state index in [1.54, 1.807) is 0 Å². The molecule has 1 N–H and O–H groups in total. The maximum Gasteiger partial charge on any atom is 0.0894 e. The van der Waals surface area contributed by atoms with Gasteiger partial charge in [0.1, 0.15) is 0 Å². The molecular weight excluding hydrogens is 208 g/mol. The molecule has 0 fully saturated rings. The SMILES string of the molecule is CC=CC(C)CCC(O)(CC)c1ccccc1. The number of benzene rings is 1. The van der Waals surface area contributed by atoms with Crippen molar-refractivity contribution in [3.8, 4) is 0 Å². The highest BCUT2D eigenvalue weighted by Gasteiger charge is 2.26. The van der Waals surface area contributed by atoms with E-state index in [1.807, 2.05) is 44.2 Å². The maximum atomic E-state index is 10.7. The van der Waals surface area contributed by atoms with Gasteiger partial charge in [-0.25, -0.2) is 0 Å². The van der Waals surface area contributed by atoms with Crippen molar-refractivity contribution in [1.29, 1.82) is 0 Å². The van der Waals surface area contributed by atoms with Crippen molar-refractivity contribution in [2.24, 2.45) is 5.92 Å². The van der Waals surface area contributed by atoms with Crippen LogP contribution in [0.3, 0.4) is 0 Å². The Labute approximate surface area is 105 Å². The van der Waals surface area contributed by atoms with Crippen LogP contribution in [-0.2, 0) is 5.60 Å². The van der Waals surface area contributed by atoms with E-state index in [1.165, 1.54) is 0 Å². The number of allylic oxidation sites excluding steroid dienone is 2. The second-order valence-electron chi connectivity index (χ2n) is 4.79. The Morgan fingerprint density at radius 3 is 2.47 bits per heavy atom. The van der Waals surface area contributed by atoms with Gasteiger partial charge in [0.2, 0.25) is 0 Å². The van der Waals surface area contributed by atoms with Crippen LogP contribution < -0.4 is 0 Å². The average Bonchev–Trinajstić information content (AvgIpc) is 2.37. The average molecular weight is 232 g/mol. The summed E-state index contributed by atoms with van der Waals surface area (Å²) in [6.07, 6.45) is 6.88. The predicted molar refractivity (Wildman–Crippen MR) is 73.8 cm³/mol. The van der Waals surface area contributed by atoms with Gasteiger partial charge in [-0.05, 0) is 37.7 Å². The van der Waals surface area contributed by atoms with Crippen LogP contribution >= 0.6 is 0 Å². The first-order valence-electron chi connectivity index (χ1n) is 6.53. The molecule has 0 saturated heterocycles. The first-order valence-corrected chi connectivity index (χ1v) is 6.53. The lowest BCUT2D eigenvalue weighted by molar-refractivity contribution is 0.0190. The van der Waals surface area contributed by atoms with E-state index < -0.39 is 5.60 Å². The lowest BCUT2D eigenvalue weighted by atomic mass is 9.84. The van der Waals surface area contributed by atoms with Crippen LogP contribution in [0.15, 0.2) is 42.5 Å². The van der Waals surface area contributed by atoms with Crippen molar-refractivity contribution in [1.82, 2.24) is 0 Å². The van der Waals surface area contributed by atoms with Crippen LogP contribution in [0, 0.1) is 5.92 Å². The molecule has 0 spiro atoms. The summed E-state index contributed by atoms with van der Waals surface area (Å²) in [6.45, 7) is 6.29. The Bertz CT molecular complexity index is 342. The smallest absolute Gasteiger partial charge is 0.0894 e. The summed E-state index contributed by atoms with van der Waals surface area (Å²) < 4.78 is 0. The van der Waals surface area contributed by atoms with Crippen molar-refractivity contribution < 1.29 is 5.11 Å². The second-order valence-corrected chi connectivity index (χ2v) is 4.79. The van der Waals surface area contributed by atoms with Gasteiger partial charge in [0.05, 0.1) is 5.60 Å². The van der Waals surface area contributed by atoms with Crippen molar-refractivity contribution >= 4 is 0 Å². The molecule has 1 heteroatoms. The zero-order valence-electron chi connectivity index (χ0n) is 11.2. The molecule has 0 heterocycles. The standard InChI is InChI=1S/C16H24O/c1-4-9-14(3)12-13-16(17,5-2)15-10-7-6-8-11-15/h4,6-11,14,17H,5,12-13H2,1-3H3. The van der Waals surface area contributed by atoms with Gasteiger partial charge in [-0.2, -0.15) is 0 Å². The maximum absolute atomic E-state index is 10.7. The molecule has 1 aromatic rings. The van der Waals surface area contributed by atoms with E-state index in [0.717, 1.165) is 24.8 Å². The quantitative estimate of drug-likeness (QED) is 0.726. The van der Waals surface area contributed by atoms with E-state index >= 15 is 0 Å². The van der Waals surface area contributed by atoms with Gasteiger partial charge < -0.3 is 5.11 Å². The highest BCUT2D eigenvalue weighted by atomic mass is 16.3. The van der Waals surface area contributed by atoms with E-state index in [-0.39, 0.29) is 0 Å². The molecule has 0 aliphatic carbocycles. The zero-order valence-corrected chi connectivity index (χ0v) is 11.2. The fourth-order valence-electron chi connectivity index (χ4n) is 2.16. The summed E-state index contributed by atoms with van der Waals surface area (Å²) in [4.78, 5) is 0. The minimum atomic E-state index is -0.670.